The Kier molecular flexibility index (Phi) is 4.53. The molecule has 1 unspecified atom stereocenters. The van der Waals surface area contributed by atoms with Crippen molar-refractivity contribution < 1.29 is 9.53 Å². The summed E-state index contributed by atoms with van der Waals surface area (Å²) in [5.74, 6) is 1.30. The van der Waals surface area contributed by atoms with Crippen LogP contribution in [0.5, 0.6) is 0 Å². The minimum atomic E-state index is -0.413. The van der Waals surface area contributed by atoms with Gasteiger partial charge in [-0.3, -0.25) is 4.79 Å². The van der Waals surface area contributed by atoms with Crippen LogP contribution in [0.1, 0.15) is 25.6 Å². The molecule has 0 spiro atoms. The zero-order chi connectivity index (χ0) is 15.4. The number of aromatic amines is 1. The highest BCUT2D eigenvalue weighted by Crippen LogP contribution is 2.29. The maximum atomic E-state index is 11.9. The lowest BCUT2D eigenvalue weighted by atomic mass is 10.2. The third-order valence-electron chi connectivity index (χ3n) is 3.79. The number of carbonyl (C=O) groups excluding carboxylic acids is 1. The van der Waals surface area contributed by atoms with Gasteiger partial charge in [0.05, 0.1) is 25.0 Å². The van der Waals surface area contributed by atoms with Gasteiger partial charge in [-0.2, -0.15) is 0 Å². The van der Waals surface area contributed by atoms with Gasteiger partial charge in [-0.25, -0.2) is 4.98 Å². The van der Waals surface area contributed by atoms with Crippen LogP contribution in [0.25, 0.3) is 11.3 Å². The number of aromatic nitrogens is 2. The molecule has 3 rings (SSSR count). The van der Waals surface area contributed by atoms with E-state index in [0.717, 1.165) is 17.1 Å². The number of hydrogen-bond donors (Lipinski definition) is 2. The third kappa shape index (κ3) is 3.95. The molecule has 1 aromatic carbocycles. The molecule has 1 aromatic heterocycles. The molecular formula is C17H21N3O2. The summed E-state index contributed by atoms with van der Waals surface area (Å²) in [5.41, 5.74) is 2.02. The van der Waals surface area contributed by atoms with Crippen molar-refractivity contribution in [2.75, 3.05) is 6.61 Å². The lowest BCUT2D eigenvalue weighted by Crippen LogP contribution is -2.34. The molecular weight excluding hydrogens is 278 g/mol. The van der Waals surface area contributed by atoms with Crippen molar-refractivity contribution in [2.45, 2.75) is 32.4 Å². The first-order valence-corrected chi connectivity index (χ1v) is 7.71. The molecule has 1 aliphatic rings. The van der Waals surface area contributed by atoms with Gasteiger partial charge in [-0.05, 0) is 31.2 Å². The van der Waals surface area contributed by atoms with Crippen LogP contribution in [0.15, 0.2) is 36.5 Å². The van der Waals surface area contributed by atoms with Crippen LogP contribution in [0.3, 0.4) is 0 Å². The fraction of sp³-hybridized carbons (Fsp3) is 0.412. The quantitative estimate of drug-likeness (QED) is 0.825. The monoisotopic (exact) mass is 299 g/mol. The Morgan fingerprint density at radius 2 is 2.18 bits per heavy atom. The smallest absolute Gasteiger partial charge is 0.249 e. The summed E-state index contributed by atoms with van der Waals surface area (Å²) >= 11 is 0. The van der Waals surface area contributed by atoms with Crippen LogP contribution in [0, 0.1) is 5.92 Å². The first kappa shape index (κ1) is 14.8. The van der Waals surface area contributed by atoms with Gasteiger partial charge in [0.2, 0.25) is 5.91 Å². The molecule has 0 radical (unpaired) electrons. The average Bonchev–Trinajstić information content (AvgIpc) is 3.27. The van der Waals surface area contributed by atoms with Crippen molar-refractivity contribution in [3.63, 3.8) is 0 Å². The Morgan fingerprint density at radius 3 is 2.91 bits per heavy atom. The number of H-pyrrole nitrogens is 1. The first-order chi connectivity index (χ1) is 10.7. The van der Waals surface area contributed by atoms with E-state index in [1.807, 2.05) is 30.3 Å². The van der Waals surface area contributed by atoms with Gasteiger partial charge >= 0.3 is 0 Å². The van der Waals surface area contributed by atoms with Crippen molar-refractivity contribution in [2.24, 2.45) is 5.92 Å². The summed E-state index contributed by atoms with van der Waals surface area (Å²) in [5, 5.41) is 2.85. The number of carbonyl (C=O) groups is 1. The molecule has 2 N–H and O–H groups in total. The number of nitrogens with one attached hydrogen (secondary N) is 2. The highest BCUT2D eigenvalue weighted by atomic mass is 16.5. The van der Waals surface area contributed by atoms with Crippen LogP contribution in [0.2, 0.25) is 0 Å². The van der Waals surface area contributed by atoms with Crippen LogP contribution in [0.4, 0.5) is 0 Å². The number of imidazole rings is 1. The first-order valence-electron chi connectivity index (χ1n) is 7.71. The Hall–Kier alpha value is -2.14. The number of benzene rings is 1. The fourth-order valence-corrected chi connectivity index (χ4v) is 2.17. The van der Waals surface area contributed by atoms with Crippen molar-refractivity contribution in [1.29, 1.82) is 0 Å². The van der Waals surface area contributed by atoms with E-state index >= 15 is 0 Å². The largest absolute Gasteiger partial charge is 0.368 e. The zero-order valence-electron chi connectivity index (χ0n) is 12.7. The minimum Gasteiger partial charge on any atom is -0.368 e. The molecule has 22 heavy (non-hydrogen) atoms. The Balaban J connectivity index is 1.48. The second-order valence-corrected chi connectivity index (χ2v) is 5.75. The molecule has 0 bridgehead atoms. The van der Waals surface area contributed by atoms with Crippen molar-refractivity contribution in [1.82, 2.24) is 15.3 Å². The Bertz CT molecular complexity index is 620. The highest BCUT2D eigenvalue weighted by Gasteiger charge is 2.24. The second-order valence-electron chi connectivity index (χ2n) is 5.75. The molecule has 116 valence electrons. The van der Waals surface area contributed by atoms with Crippen molar-refractivity contribution in [3.05, 3.63) is 42.4 Å². The van der Waals surface area contributed by atoms with E-state index in [2.05, 4.69) is 15.3 Å². The number of nitrogens with zero attached hydrogens (tertiary/aromatic N) is 1. The molecule has 0 saturated heterocycles. The van der Waals surface area contributed by atoms with Gasteiger partial charge < -0.3 is 15.0 Å². The lowest BCUT2D eigenvalue weighted by Gasteiger charge is -2.12. The predicted octanol–water partition coefficient (Wildman–Crippen LogP) is 2.51. The molecule has 1 fully saturated rings. The van der Waals surface area contributed by atoms with Gasteiger partial charge in [-0.15, -0.1) is 0 Å². The molecule has 1 amide bonds. The van der Waals surface area contributed by atoms with E-state index < -0.39 is 6.10 Å². The van der Waals surface area contributed by atoms with Gasteiger partial charge in [-0.1, -0.05) is 30.3 Å². The highest BCUT2D eigenvalue weighted by molar-refractivity contribution is 5.80. The SMILES string of the molecule is CC(OCC1CC1)C(=O)NCc1ncc(-c2ccccc2)[nH]1. The standard InChI is InChI=1S/C17H21N3O2/c1-12(22-11-13-7-8-13)17(21)19-10-16-18-9-15(20-16)14-5-3-2-4-6-14/h2-6,9,12-13H,7-8,10-11H2,1H3,(H,18,20)(H,19,21). The summed E-state index contributed by atoms with van der Waals surface area (Å²) in [6, 6.07) is 9.98. The Labute approximate surface area is 130 Å². The predicted molar refractivity (Wildman–Crippen MR) is 84.0 cm³/mol. The second kappa shape index (κ2) is 6.75. The van der Waals surface area contributed by atoms with Gasteiger partial charge in [0.1, 0.15) is 11.9 Å². The molecule has 1 heterocycles. The topological polar surface area (TPSA) is 67.0 Å². The maximum Gasteiger partial charge on any atom is 0.249 e. The third-order valence-corrected chi connectivity index (χ3v) is 3.79. The van der Waals surface area contributed by atoms with Crippen LogP contribution in [-0.4, -0.2) is 28.6 Å². The fourth-order valence-electron chi connectivity index (χ4n) is 2.17. The molecule has 2 aromatic rings. The maximum absolute atomic E-state index is 11.9. The van der Waals surface area contributed by atoms with Crippen molar-refractivity contribution in [3.8, 4) is 11.3 Å². The van der Waals surface area contributed by atoms with Gasteiger partial charge in [0.15, 0.2) is 0 Å². The number of hydrogen-bond acceptors (Lipinski definition) is 3. The summed E-state index contributed by atoms with van der Waals surface area (Å²) in [4.78, 5) is 19.5. The van der Waals surface area contributed by atoms with Crippen LogP contribution >= 0.6 is 0 Å². The summed E-state index contributed by atoms with van der Waals surface area (Å²) in [7, 11) is 0. The minimum absolute atomic E-state index is 0.0988. The summed E-state index contributed by atoms with van der Waals surface area (Å²) in [6.07, 6.45) is 3.82. The van der Waals surface area contributed by atoms with Gasteiger partial charge in [0, 0.05) is 0 Å². The Morgan fingerprint density at radius 1 is 1.41 bits per heavy atom. The van der Waals surface area contributed by atoms with E-state index in [4.69, 9.17) is 4.74 Å². The number of rotatable bonds is 7. The summed E-state index contributed by atoms with van der Waals surface area (Å²) in [6.45, 7) is 2.85. The zero-order valence-corrected chi connectivity index (χ0v) is 12.7. The summed E-state index contributed by atoms with van der Waals surface area (Å²) < 4.78 is 5.55. The molecule has 1 atom stereocenters. The molecule has 1 aliphatic carbocycles. The molecule has 1 saturated carbocycles. The molecule has 5 nitrogen and oxygen atoms in total. The van der Waals surface area contributed by atoms with E-state index in [9.17, 15) is 4.79 Å². The van der Waals surface area contributed by atoms with Gasteiger partial charge in [0.25, 0.3) is 0 Å². The van der Waals surface area contributed by atoms with E-state index in [1.165, 1.54) is 12.8 Å². The molecule has 0 aliphatic heterocycles. The van der Waals surface area contributed by atoms with E-state index in [1.54, 1.807) is 13.1 Å². The lowest BCUT2D eigenvalue weighted by molar-refractivity contribution is -0.132. The van der Waals surface area contributed by atoms with Crippen molar-refractivity contribution >= 4 is 5.91 Å². The molecule has 5 heteroatoms. The average molecular weight is 299 g/mol. The number of ether oxygens (including phenoxy) is 1. The van der Waals surface area contributed by atoms with E-state index in [0.29, 0.717) is 19.1 Å². The normalized spacial score (nSPS) is 15.5. The number of amides is 1. The van der Waals surface area contributed by atoms with Crippen LogP contribution < -0.4 is 5.32 Å². The van der Waals surface area contributed by atoms with Crippen LogP contribution in [-0.2, 0) is 16.1 Å². The van der Waals surface area contributed by atoms with E-state index in [-0.39, 0.29) is 5.91 Å².